The lowest BCUT2D eigenvalue weighted by molar-refractivity contribution is -0.138. The van der Waals surface area contributed by atoms with Gasteiger partial charge >= 0.3 is 5.97 Å². The molecule has 1 fully saturated rings. The summed E-state index contributed by atoms with van der Waals surface area (Å²) in [5.74, 6) is 0.227. The number of furan rings is 1. The molecule has 98 valence electrons. The Kier molecular flexibility index (Phi) is 3.03. The smallest absolute Gasteiger partial charge is 0.307 e. The number of carboxylic acids is 1. The molecule has 2 atom stereocenters. The highest BCUT2D eigenvalue weighted by molar-refractivity contribution is 6.36. The van der Waals surface area contributed by atoms with E-state index in [4.69, 9.17) is 32.7 Å². The summed E-state index contributed by atoms with van der Waals surface area (Å²) in [5, 5.41) is 9.98. The van der Waals surface area contributed by atoms with Gasteiger partial charge in [-0.1, -0.05) is 23.2 Å². The Morgan fingerprint density at radius 1 is 1.26 bits per heavy atom. The van der Waals surface area contributed by atoms with E-state index in [9.17, 15) is 4.79 Å². The zero-order valence-electron chi connectivity index (χ0n) is 9.77. The summed E-state index contributed by atoms with van der Waals surface area (Å²) in [6, 6.07) is 8.80. The first-order chi connectivity index (χ1) is 9.06. The third kappa shape index (κ3) is 2.36. The van der Waals surface area contributed by atoms with E-state index in [0.717, 1.165) is 5.56 Å². The van der Waals surface area contributed by atoms with Crippen LogP contribution in [0.3, 0.4) is 0 Å². The van der Waals surface area contributed by atoms with Crippen LogP contribution < -0.4 is 0 Å². The van der Waals surface area contributed by atoms with Crippen LogP contribution >= 0.6 is 23.2 Å². The molecule has 1 aliphatic rings. The topological polar surface area (TPSA) is 50.4 Å². The highest BCUT2D eigenvalue weighted by Gasteiger charge is 2.46. The van der Waals surface area contributed by atoms with Gasteiger partial charge in [-0.2, -0.15) is 0 Å². The van der Waals surface area contributed by atoms with E-state index in [1.807, 2.05) is 12.1 Å². The van der Waals surface area contributed by atoms with Crippen molar-refractivity contribution in [3.05, 3.63) is 46.1 Å². The summed E-state index contributed by atoms with van der Waals surface area (Å²) in [4.78, 5) is 10.8. The molecule has 3 rings (SSSR count). The van der Waals surface area contributed by atoms with Gasteiger partial charge in [0.25, 0.3) is 0 Å². The predicted octanol–water partition coefficient (Wildman–Crippen LogP) is 4.44. The molecular formula is C14H10Cl2O3. The molecule has 19 heavy (non-hydrogen) atoms. The summed E-state index contributed by atoms with van der Waals surface area (Å²) in [6.45, 7) is 0. The first kappa shape index (κ1) is 12.6. The second-order valence-electron chi connectivity index (χ2n) is 4.61. The van der Waals surface area contributed by atoms with E-state index in [-0.39, 0.29) is 11.8 Å². The Hall–Kier alpha value is -1.45. The van der Waals surface area contributed by atoms with Crippen LogP contribution in [0.15, 0.2) is 34.7 Å². The standard InChI is InChI=1S/C14H10Cl2O3/c15-7-1-2-8(11(16)5-7)12-3-4-13(19-12)9-6-10(9)14(17)18/h1-5,9-10H,6H2,(H,17,18)/t9-,10+/m0/s1. The number of aliphatic carboxylic acids is 1. The highest BCUT2D eigenvalue weighted by Crippen LogP contribution is 2.49. The van der Waals surface area contributed by atoms with E-state index >= 15 is 0 Å². The van der Waals surface area contributed by atoms with E-state index in [2.05, 4.69) is 0 Å². The molecule has 0 aliphatic heterocycles. The molecule has 1 heterocycles. The largest absolute Gasteiger partial charge is 0.481 e. The van der Waals surface area contributed by atoms with Crippen molar-refractivity contribution in [1.82, 2.24) is 0 Å². The number of hydrogen-bond donors (Lipinski definition) is 1. The molecular weight excluding hydrogens is 287 g/mol. The normalized spacial score (nSPS) is 21.4. The molecule has 1 aromatic carbocycles. The van der Waals surface area contributed by atoms with Gasteiger partial charge in [-0.25, -0.2) is 0 Å². The minimum absolute atomic E-state index is 0.0164. The maximum atomic E-state index is 10.8. The van der Waals surface area contributed by atoms with E-state index in [1.54, 1.807) is 18.2 Å². The average Bonchev–Trinajstić information content (AvgIpc) is 3.01. The van der Waals surface area contributed by atoms with Gasteiger partial charge in [-0.3, -0.25) is 4.79 Å². The van der Waals surface area contributed by atoms with E-state index in [0.29, 0.717) is 28.0 Å². The third-order valence-corrected chi connectivity index (χ3v) is 3.84. The van der Waals surface area contributed by atoms with Crippen LogP contribution in [0.2, 0.25) is 10.0 Å². The Morgan fingerprint density at radius 3 is 2.68 bits per heavy atom. The highest BCUT2D eigenvalue weighted by atomic mass is 35.5. The SMILES string of the molecule is O=C(O)[C@@H]1C[C@@H]1c1ccc(-c2ccc(Cl)cc2Cl)o1. The Morgan fingerprint density at radius 2 is 2.05 bits per heavy atom. The van der Waals surface area contributed by atoms with Crippen LogP contribution in [0, 0.1) is 5.92 Å². The van der Waals surface area contributed by atoms with Crippen molar-refractivity contribution < 1.29 is 14.3 Å². The van der Waals surface area contributed by atoms with Crippen LogP contribution in [0.25, 0.3) is 11.3 Å². The van der Waals surface area contributed by atoms with Gasteiger partial charge in [-0.15, -0.1) is 0 Å². The van der Waals surface area contributed by atoms with Gasteiger partial charge in [0.2, 0.25) is 0 Å². The molecule has 2 aromatic rings. The Labute approximate surface area is 119 Å². The Balaban J connectivity index is 1.88. The van der Waals surface area contributed by atoms with Gasteiger partial charge in [0.15, 0.2) is 0 Å². The van der Waals surface area contributed by atoms with Crippen molar-refractivity contribution >= 4 is 29.2 Å². The number of halogens is 2. The van der Waals surface area contributed by atoms with E-state index < -0.39 is 5.97 Å². The van der Waals surface area contributed by atoms with Crippen LogP contribution in [-0.4, -0.2) is 11.1 Å². The molecule has 0 saturated heterocycles. The average molecular weight is 297 g/mol. The summed E-state index contributed by atoms with van der Waals surface area (Å²) in [7, 11) is 0. The Bertz CT molecular complexity index is 648. The summed E-state index contributed by atoms with van der Waals surface area (Å²) in [5.41, 5.74) is 0.754. The van der Waals surface area contributed by atoms with Crippen LogP contribution in [0.1, 0.15) is 18.1 Å². The quantitative estimate of drug-likeness (QED) is 0.911. The molecule has 5 heteroatoms. The van der Waals surface area contributed by atoms with Crippen molar-refractivity contribution in [1.29, 1.82) is 0 Å². The molecule has 0 radical (unpaired) electrons. The van der Waals surface area contributed by atoms with Gasteiger partial charge in [0, 0.05) is 16.5 Å². The monoisotopic (exact) mass is 296 g/mol. The van der Waals surface area contributed by atoms with Crippen LogP contribution in [0.4, 0.5) is 0 Å². The van der Waals surface area contributed by atoms with Gasteiger partial charge in [-0.05, 0) is 36.8 Å². The molecule has 1 saturated carbocycles. The maximum absolute atomic E-state index is 10.8. The molecule has 0 amide bonds. The fraction of sp³-hybridized carbons (Fsp3) is 0.214. The number of benzene rings is 1. The second-order valence-corrected chi connectivity index (χ2v) is 5.46. The van der Waals surface area contributed by atoms with Crippen molar-refractivity contribution in [2.24, 2.45) is 5.92 Å². The molecule has 1 N–H and O–H groups in total. The minimum Gasteiger partial charge on any atom is -0.481 e. The number of hydrogen-bond acceptors (Lipinski definition) is 2. The number of rotatable bonds is 3. The first-order valence-corrected chi connectivity index (χ1v) is 6.60. The minimum atomic E-state index is -0.771. The summed E-state index contributed by atoms with van der Waals surface area (Å²) in [6.07, 6.45) is 0.636. The molecule has 0 unspecified atom stereocenters. The summed E-state index contributed by atoms with van der Waals surface area (Å²) < 4.78 is 5.70. The van der Waals surface area contributed by atoms with Crippen LogP contribution in [-0.2, 0) is 4.79 Å². The molecule has 1 aromatic heterocycles. The lowest BCUT2D eigenvalue weighted by Crippen LogP contribution is -1.98. The van der Waals surface area contributed by atoms with Crippen LogP contribution in [0.5, 0.6) is 0 Å². The summed E-state index contributed by atoms with van der Waals surface area (Å²) >= 11 is 12.0. The maximum Gasteiger partial charge on any atom is 0.307 e. The molecule has 0 bridgehead atoms. The predicted molar refractivity (Wildman–Crippen MR) is 72.6 cm³/mol. The molecule has 3 nitrogen and oxygen atoms in total. The zero-order chi connectivity index (χ0) is 13.6. The van der Waals surface area contributed by atoms with Gasteiger partial charge < -0.3 is 9.52 Å². The van der Waals surface area contributed by atoms with Crippen molar-refractivity contribution in [2.45, 2.75) is 12.3 Å². The third-order valence-electron chi connectivity index (χ3n) is 3.30. The lowest BCUT2D eigenvalue weighted by atomic mass is 10.2. The fourth-order valence-corrected chi connectivity index (χ4v) is 2.67. The van der Waals surface area contributed by atoms with E-state index in [1.165, 1.54) is 0 Å². The lowest BCUT2D eigenvalue weighted by Gasteiger charge is -2.01. The number of carboxylic acid groups (broad SMARTS) is 1. The second kappa shape index (κ2) is 4.58. The molecule has 0 spiro atoms. The van der Waals surface area contributed by atoms with Gasteiger partial charge in [0.1, 0.15) is 11.5 Å². The number of carbonyl (C=O) groups is 1. The van der Waals surface area contributed by atoms with Crippen molar-refractivity contribution in [3.8, 4) is 11.3 Å². The van der Waals surface area contributed by atoms with Gasteiger partial charge in [0.05, 0.1) is 10.9 Å². The van der Waals surface area contributed by atoms with Crippen molar-refractivity contribution in [3.63, 3.8) is 0 Å². The fourth-order valence-electron chi connectivity index (χ4n) is 2.17. The first-order valence-electron chi connectivity index (χ1n) is 5.84. The zero-order valence-corrected chi connectivity index (χ0v) is 11.3. The van der Waals surface area contributed by atoms with Crippen molar-refractivity contribution in [2.75, 3.05) is 0 Å². The molecule has 1 aliphatic carbocycles.